The summed E-state index contributed by atoms with van der Waals surface area (Å²) in [4.78, 5) is 10.8. The third-order valence-corrected chi connectivity index (χ3v) is 2.82. The van der Waals surface area contributed by atoms with Crippen molar-refractivity contribution in [2.24, 2.45) is 5.92 Å². The van der Waals surface area contributed by atoms with Gasteiger partial charge in [0.1, 0.15) is 0 Å². The molecule has 0 atom stereocenters. The third-order valence-electron chi connectivity index (χ3n) is 2.44. The van der Waals surface area contributed by atoms with E-state index in [-0.39, 0.29) is 11.5 Å². The highest BCUT2D eigenvalue weighted by atomic mass is 32.2. The number of carboxylic acids is 1. The smallest absolute Gasteiger partial charge is 0.340 e. The van der Waals surface area contributed by atoms with Crippen molar-refractivity contribution in [3.05, 3.63) is 5.57 Å². The maximum Gasteiger partial charge on any atom is 0.340 e. The van der Waals surface area contributed by atoms with Gasteiger partial charge in [0, 0.05) is 5.02 Å². The van der Waals surface area contributed by atoms with E-state index in [1.165, 1.54) is 0 Å². The lowest BCUT2D eigenvalue weighted by molar-refractivity contribution is -0.133. The van der Waals surface area contributed by atoms with Gasteiger partial charge in [-0.15, -0.1) is 0 Å². The lowest BCUT2D eigenvalue weighted by Crippen LogP contribution is -2.16. The first-order chi connectivity index (χ1) is 6.61. The van der Waals surface area contributed by atoms with Crippen LogP contribution in [0.3, 0.4) is 0 Å². The Balaban J connectivity index is 3.00. The van der Waals surface area contributed by atoms with Crippen LogP contribution >= 0.6 is 0 Å². The molecule has 0 radical (unpaired) electrons. The second-order valence-corrected chi connectivity index (χ2v) is 4.06. The minimum Gasteiger partial charge on any atom is -0.477 e. The average Bonchev–Trinajstić information content (AvgIpc) is 2.15. The van der Waals surface area contributed by atoms with Crippen LogP contribution in [-0.2, 0) is 15.1 Å². The molecule has 5 heteroatoms. The molecule has 0 aromatic heterocycles. The zero-order valence-electron chi connectivity index (χ0n) is 7.69. The maximum absolute atomic E-state index is 10.8. The highest BCUT2D eigenvalue weighted by Crippen LogP contribution is 2.28. The molecule has 0 aliphatic heterocycles. The van der Waals surface area contributed by atoms with Gasteiger partial charge in [0.2, 0.25) is 0 Å². The van der Waals surface area contributed by atoms with E-state index in [0.717, 1.165) is 32.1 Å². The van der Waals surface area contributed by atoms with Gasteiger partial charge in [-0.3, -0.25) is 0 Å². The molecule has 1 aliphatic carbocycles. The highest BCUT2D eigenvalue weighted by Gasteiger charge is 2.22. The molecule has 1 rings (SSSR count). The van der Waals surface area contributed by atoms with E-state index in [9.17, 15) is 13.2 Å². The fourth-order valence-corrected chi connectivity index (χ4v) is 2.22. The highest BCUT2D eigenvalue weighted by molar-refractivity contribution is 7.71. The number of hydrogen-bond acceptors (Lipinski definition) is 3. The molecule has 0 heterocycles. The summed E-state index contributed by atoms with van der Waals surface area (Å²) in [7, 11) is -2.54. The standard InChI is InChI=1S/C9H12O4S/c10-9(11)8(6-14(12)13)7-4-2-1-3-5-7/h7H,1-5H2,(H,10,11). The van der Waals surface area contributed by atoms with E-state index >= 15 is 0 Å². The maximum atomic E-state index is 10.8. The predicted octanol–water partition coefficient (Wildman–Crippen LogP) is 0.858. The molecule has 0 bridgehead atoms. The van der Waals surface area contributed by atoms with Crippen LogP contribution in [0.5, 0.6) is 0 Å². The molecule has 14 heavy (non-hydrogen) atoms. The minimum absolute atomic E-state index is 0.0852. The molecule has 1 aliphatic rings. The summed E-state index contributed by atoms with van der Waals surface area (Å²) in [6.07, 6.45) is 4.55. The zero-order valence-corrected chi connectivity index (χ0v) is 8.51. The van der Waals surface area contributed by atoms with E-state index in [1.54, 1.807) is 0 Å². The molecule has 4 nitrogen and oxygen atoms in total. The molecule has 0 saturated heterocycles. The summed E-state index contributed by atoms with van der Waals surface area (Å²) in [5.74, 6) is -1.31. The van der Waals surface area contributed by atoms with E-state index in [4.69, 9.17) is 5.11 Å². The monoisotopic (exact) mass is 216 g/mol. The average molecular weight is 216 g/mol. The third kappa shape index (κ3) is 3.01. The van der Waals surface area contributed by atoms with Gasteiger partial charge in [-0.05, 0) is 18.8 Å². The zero-order chi connectivity index (χ0) is 10.6. The van der Waals surface area contributed by atoms with Gasteiger partial charge in [0.15, 0.2) is 0 Å². The topological polar surface area (TPSA) is 71.4 Å². The van der Waals surface area contributed by atoms with Crippen LogP contribution in [0.4, 0.5) is 0 Å². The van der Waals surface area contributed by atoms with Gasteiger partial charge >= 0.3 is 5.97 Å². The van der Waals surface area contributed by atoms with E-state index < -0.39 is 16.3 Å². The number of hydrogen-bond donors (Lipinski definition) is 1. The van der Waals surface area contributed by atoms with Crippen LogP contribution in [0.15, 0.2) is 5.57 Å². The molecule has 0 amide bonds. The van der Waals surface area contributed by atoms with Crippen molar-refractivity contribution in [1.29, 1.82) is 0 Å². The van der Waals surface area contributed by atoms with Gasteiger partial charge < -0.3 is 5.11 Å². The molecular weight excluding hydrogens is 204 g/mol. The van der Waals surface area contributed by atoms with Gasteiger partial charge in [0.05, 0.1) is 5.57 Å². The van der Waals surface area contributed by atoms with E-state index in [2.05, 4.69) is 0 Å². The Kier molecular flexibility index (Phi) is 3.92. The van der Waals surface area contributed by atoms with Crippen LogP contribution in [0.1, 0.15) is 32.1 Å². The van der Waals surface area contributed by atoms with Crippen LogP contribution in [0.25, 0.3) is 0 Å². The Morgan fingerprint density at radius 2 is 1.79 bits per heavy atom. The first kappa shape index (κ1) is 11.0. The van der Waals surface area contributed by atoms with Crippen molar-refractivity contribution in [1.82, 2.24) is 0 Å². The quantitative estimate of drug-likeness (QED) is 0.549. The second-order valence-electron chi connectivity index (χ2n) is 3.39. The number of carbonyl (C=O) groups is 1. The molecule has 0 aromatic rings. The molecule has 0 aromatic carbocycles. The summed E-state index contributed by atoms with van der Waals surface area (Å²) in [6.45, 7) is 0. The Morgan fingerprint density at radius 3 is 2.21 bits per heavy atom. The Hall–Kier alpha value is -1.06. The molecule has 0 unspecified atom stereocenters. The molecule has 0 spiro atoms. The largest absolute Gasteiger partial charge is 0.477 e. The van der Waals surface area contributed by atoms with Crippen molar-refractivity contribution in [2.45, 2.75) is 32.1 Å². The van der Waals surface area contributed by atoms with E-state index in [0.29, 0.717) is 0 Å². The fraction of sp³-hybridized carbons (Fsp3) is 0.667. The van der Waals surface area contributed by atoms with Crippen LogP contribution in [-0.4, -0.2) is 24.5 Å². The van der Waals surface area contributed by atoms with Crippen molar-refractivity contribution < 1.29 is 18.3 Å². The van der Waals surface area contributed by atoms with E-state index in [1.807, 2.05) is 5.02 Å². The van der Waals surface area contributed by atoms with Crippen molar-refractivity contribution in [3.8, 4) is 0 Å². The first-order valence-electron chi connectivity index (χ1n) is 4.57. The summed E-state index contributed by atoms with van der Waals surface area (Å²) >= 11 is 0. The molecule has 1 saturated carbocycles. The Morgan fingerprint density at radius 1 is 1.21 bits per heavy atom. The molecule has 78 valence electrons. The first-order valence-corrected chi connectivity index (χ1v) is 5.65. The summed E-state index contributed by atoms with van der Waals surface area (Å²) in [5.41, 5.74) is -0.0852. The van der Waals surface area contributed by atoms with Gasteiger partial charge in [-0.2, -0.15) is 8.42 Å². The minimum atomic E-state index is -2.54. The lowest BCUT2D eigenvalue weighted by atomic mass is 9.84. The number of aliphatic carboxylic acids is 1. The van der Waals surface area contributed by atoms with Crippen molar-refractivity contribution in [2.75, 3.05) is 0 Å². The van der Waals surface area contributed by atoms with Crippen molar-refractivity contribution >= 4 is 21.3 Å². The Bertz CT molecular complexity index is 373. The van der Waals surface area contributed by atoms with Crippen LogP contribution < -0.4 is 0 Å². The Labute approximate surface area is 83.8 Å². The van der Waals surface area contributed by atoms with Crippen LogP contribution in [0.2, 0.25) is 0 Å². The van der Waals surface area contributed by atoms with Crippen LogP contribution in [0, 0.1) is 5.92 Å². The molecule has 1 fully saturated rings. The van der Waals surface area contributed by atoms with Crippen molar-refractivity contribution in [3.63, 3.8) is 0 Å². The lowest BCUT2D eigenvalue weighted by Gasteiger charge is -2.20. The summed E-state index contributed by atoms with van der Waals surface area (Å²) in [5, 5.41) is 10.8. The predicted molar refractivity (Wildman–Crippen MR) is 51.7 cm³/mol. The molecular formula is C9H12O4S. The fourth-order valence-electron chi connectivity index (χ4n) is 1.78. The SMILES string of the molecule is O=C(O)C(=C=S(=O)=O)C1CCCCC1. The van der Waals surface area contributed by atoms with Gasteiger partial charge in [0.25, 0.3) is 10.3 Å². The summed E-state index contributed by atoms with van der Waals surface area (Å²) < 4.78 is 20.7. The van der Waals surface area contributed by atoms with Gasteiger partial charge in [-0.1, -0.05) is 19.3 Å². The second kappa shape index (κ2) is 4.98. The molecule has 1 N–H and O–H groups in total. The number of carboxylic acid groups (broad SMARTS) is 1. The summed E-state index contributed by atoms with van der Waals surface area (Å²) in [6, 6.07) is 0. The van der Waals surface area contributed by atoms with Gasteiger partial charge in [-0.25, -0.2) is 4.79 Å². The normalized spacial score (nSPS) is 17.1. The number of rotatable bonds is 2.